The summed E-state index contributed by atoms with van der Waals surface area (Å²) in [5, 5.41) is 4.35. The van der Waals surface area contributed by atoms with Crippen LogP contribution in [-0.4, -0.2) is 22.5 Å². The third kappa shape index (κ3) is 3.49. The van der Waals surface area contributed by atoms with Gasteiger partial charge < -0.3 is 15.0 Å². The van der Waals surface area contributed by atoms with Gasteiger partial charge in [0.1, 0.15) is 5.75 Å². The number of rotatable bonds is 7. The lowest BCUT2D eigenvalue weighted by atomic mass is 10.0. The second-order valence-electron chi connectivity index (χ2n) is 8.14. The van der Waals surface area contributed by atoms with E-state index in [-0.39, 0.29) is 17.9 Å². The molecule has 28 heavy (non-hydrogen) atoms. The first-order valence-corrected chi connectivity index (χ1v) is 10.1. The number of amides is 1. The third-order valence-corrected chi connectivity index (χ3v) is 5.90. The number of aromatic amines is 1. The number of ether oxygens (including phenoxy) is 1. The van der Waals surface area contributed by atoms with Crippen molar-refractivity contribution in [2.45, 2.75) is 38.1 Å². The van der Waals surface area contributed by atoms with Crippen LogP contribution in [0.25, 0.3) is 10.9 Å². The van der Waals surface area contributed by atoms with Crippen LogP contribution in [0.3, 0.4) is 0 Å². The van der Waals surface area contributed by atoms with Crippen molar-refractivity contribution in [3.8, 4) is 5.75 Å². The zero-order valence-corrected chi connectivity index (χ0v) is 16.0. The number of carbonyl (C=O) groups excluding carboxylic acids is 1. The lowest BCUT2D eigenvalue weighted by molar-refractivity contribution is -0.123. The summed E-state index contributed by atoms with van der Waals surface area (Å²) in [7, 11) is 0. The molecule has 5 heteroatoms. The zero-order chi connectivity index (χ0) is 19.1. The number of nitrogens with one attached hydrogen (secondary N) is 2. The number of carbonyl (C=O) groups is 1. The molecule has 5 nitrogen and oxygen atoms in total. The Morgan fingerprint density at radius 2 is 2.18 bits per heavy atom. The van der Waals surface area contributed by atoms with Crippen molar-refractivity contribution < 1.29 is 9.53 Å². The van der Waals surface area contributed by atoms with E-state index in [1.54, 1.807) is 6.20 Å². The Bertz CT molecular complexity index is 991. The van der Waals surface area contributed by atoms with Gasteiger partial charge in [0.25, 0.3) is 0 Å². The number of benzene rings is 1. The molecule has 2 heterocycles. The molecule has 2 aliphatic carbocycles. The molecule has 0 saturated heterocycles. The molecule has 2 saturated carbocycles. The fourth-order valence-corrected chi connectivity index (χ4v) is 3.89. The molecule has 0 bridgehead atoms. The molecule has 2 N–H and O–H groups in total. The summed E-state index contributed by atoms with van der Waals surface area (Å²) >= 11 is 0. The number of aromatic nitrogens is 2. The summed E-state index contributed by atoms with van der Waals surface area (Å²) < 4.78 is 5.73. The Balaban J connectivity index is 1.19. The number of H-pyrrole nitrogens is 1. The van der Waals surface area contributed by atoms with Gasteiger partial charge in [0.15, 0.2) is 0 Å². The van der Waals surface area contributed by atoms with Gasteiger partial charge in [-0.1, -0.05) is 12.1 Å². The number of nitrogens with zero attached hydrogens (tertiary/aromatic N) is 1. The molecule has 144 valence electrons. The molecule has 1 unspecified atom stereocenters. The van der Waals surface area contributed by atoms with E-state index in [1.807, 2.05) is 25.3 Å². The monoisotopic (exact) mass is 375 g/mol. The van der Waals surface area contributed by atoms with E-state index in [0.29, 0.717) is 5.92 Å². The highest BCUT2D eigenvalue weighted by atomic mass is 16.5. The lowest BCUT2D eigenvalue weighted by Crippen LogP contribution is -2.28. The molecular formula is C23H25N3O2. The summed E-state index contributed by atoms with van der Waals surface area (Å²) in [5.41, 5.74) is 3.25. The van der Waals surface area contributed by atoms with E-state index in [9.17, 15) is 4.79 Å². The van der Waals surface area contributed by atoms with Crippen LogP contribution in [-0.2, 0) is 4.79 Å². The Morgan fingerprint density at radius 3 is 2.96 bits per heavy atom. The fourth-order valence-electron chi connectivity index (χ4n) is 3.89. The maximum Gasteiger partial charge on any atom is 0.224 e. The van der Waals surface area contributed by atoms with Gasteiger partial charge in [-0.2, -0.15) is 0 Å². The lowest BCUT2D eigenvalue weighted by Gasteiger charge is -2.14. The molecule has 3 atom stereocenters. The highest BCUT2D eigenvalue weighted by Gasteiger charge is 2.45. The topological polar surface area (TPSA) is 67.0 Å². The largest absolute Gasteiger partial charge is 0.492 e. The first kappa shape index (κ1) is 17.3. The van der Waals surface area contributed by atoms with Crippen molar-refractivity contribution in [1.29, 1.82) is 0 Å². The van der Waals surface area contributed by atoms with Crippen LogP contribution >= 0.6 is 0 Å². The van der Waals surface area contributed by atoms with Crippen molar-refractivity contribution in [2.24, 2.45) is 11.8 Å². The minimum atomic E-state index is -0.116. The van der Waals surface area contributed by atoms with Gasteiger partial charge in [0, 0.05) is 23.0 Å². The summed E-state index contributed by atoms with van der Waals surface area (Å²) in [5.74, 6) is 1.99. The van der Waals surface area contributed by atoms with Crippen molar-refractivity contribution >= 4 is 16.8 Å². The second-order valence-corrected chi connectivity index (χ2v) is 8.14. The van der Waals surface area contributed by atoms with Gasteiger partial charge in [0.2, 0.25) is 5.91 Å². The molecule has 0 spiro atoms. The van der Waals surface area contributed by atoms with E-state index in [4.69, 9.17) is 4.74 Å². The van der Waals surface area contributed by atoms with Gasteiger partial charge >= 0.3 is 0 Å². The first-order valence-electron chi connectivity index (χ1n) is 10.1. The standard InChI is InChI=1S/C23H25N3O2/c1-14(21-8-7-16(12-25-21)28-13-15-5-6-15)26-23(27)20-11-19(20)17-3-2-4-22-18(17)9-10-24-22/h2-4,7-10,12,14-15,19-20,24H,5-6,11,13H2,1H3,(H,26,27)/t14?,19-,20+/m0/s1. The first-order chi connectivity index (χ1) is 13.7. The van der Waals surface area contributed by atoms with Gasteiger partial charge in [0.05, 0.1) is 24.5 Å². The molecule has 2 aliphatic rings. The van der Waals surface area contributed by atoms with Gasteiger partial charge in [-0.25, -0.2) is 0 Å². The Hall–Kier alpha value is -2.82. The van der Waals surface area contributed by atoms with Crippen molar-refractivity contribution in [3.05, 3.63) is 60.0 Å². The molecule has 0 aliphatic heterocycles. The predicted octanol–water partition coefficient (Wildman–Crippen LogP) is 4.33. The highest BCUT2D eigenvalue weighted by Crippen LogP contribution is 2.49. The minimum Gasteiger partial charge on any atom is -0.492 e. The molecule has 1 aromatic carbocycles. The molecular weight excluding hydrogens is 350 g/mol. The Morgan fingerprint density at radius 1 is 1.29 bits per heavy atom. The third-order valence-electron chi connectivity index (χ3n) is 5.90. The van der Waals surface area contributed by atoms with Crippen LogP contribution in [0, 0.1) is 11.8 Å². The van der Waals surface area contributed by atoms with Crippen LogP contribution in [0.4, 0.5) is 0 Å². The summed E-state index contributed by atoms with van der Waals surface area (Å²) in [6, 6.07) is 12.1. The number of pyridine rings is 1. The maximum atomic E-state index is 12.7. The van der Waals surface area contributed by atoms with Crippen LogP contribution < -0.4 is 10.1 Å². The van der Waals surface area contributed by atoms with Crippen LogP contribution in [0.15, 0.2) is 48.8 Å². The second kappa shape index (κ2) is 6.97. The van der Waals surface area contributed by atoms with Gasteiger partial charge in [-0.15, -0.1) is 0 Å². The molecule has 2 aromatic heterocycles. The minimum absolute atomic E-state index is 0.0455. The van der Waals surface area contributed by atoms with Crippen LogP contribution in [0.5, 0.6) is 5.75 Å². The van der Waals surface area contributed by atoms with Gasteiger partial charge in [-0.3, -0.25) is 9.78 Å². The van der Waals surface area contributed by atoms with E-state index in [1.165, 1.54) is 23.8 Å². The van der Waals surface area contributed by atoms with Gasteiger partial charge in [-0.05, 0) is 67.9 Å². The maximum absolute atomic E-state index is 12.7. The van der Waals surface area contributed by atoms with Crippen molar-refractivity contribution in [3.63, 3.8) is 0 Å². The van der Waals surface area contributed by atoms with Crippen LogP contribution in [0.1, 0.15) is 49.4 Å². The average molecular weight is 375 g/mol. The number of hydrogen-bond donors (Lipinski definition) is 2. The Labute approximate surface area is 164 Å². The average Bonchev–Trinajstić information content (AvgIpc) is 3.63. The van der Waals surface area contributed by atoms with Crippen molar-refractivity contribution in [2.75, 3.05) is 6.61 Å². The Kier molecular flexibility index (Phi) is 4.30. The van der Waals surface area contributed by atoms with E-state index in [2.05, 4.69) is 39.6 Å². The number of fused-ring (bicyclic) bond motifs is 1. The quantitative estimate of drug-likeness (QED) is 0.646. The summed E-state index contributed by atoms with van der Waals surface area (Å²) in [4.78, 5) is 20.4. The summed E-state index contributed by atoms with van der Waals surface area (Å²) in [6.07, 6.45) is 7.17. The molecule has 5 rings (SSSR count). The molecule has 2 fully saturated rings. The molecule has 3 aromatic rings. The van der Waals surface area contributed by atoms with Crippen LogP contribution in [0.2, 0.25) is 0 Å². The molecule has 0 radical (unpaired) electrons. The van der Waals surface area contributed by atoms with Crippen molar-refractivity contribution in [1.82, 2.24) is 15.3 Å². The fraction of sp³-hybridized carbons (Fsp3) is 0.391. The highest BCUT2D eigenvalue weighted by molar-refractivity contribution is 5.88. The van der Waals surface area contributed by atoms with E-state index >= 15 is 0 Å². The SMILES string of the molecule is CC(NC(=O)[C@@H]1C[C@H]1c1cccc2[nH]ccc12)c1ccc(OCC2CC2)cn1. The predicted molar refractivity (Wildman–Crippen MR) is 108 cm³/mol. The number of hydrogen-bond acceptors (Lipinski definition) is 3. The smallest absolute Gasteiger partial charge is 0.224 e. The molecule has 1 amide bonds. The summed E-state index contributed by atoms with van der Waals surface area (Å²) in [6.45, 7) is 2.76. The van der Waals surface area contributed by atoms with E-state index < -0.39 is 0 Å². The normalized spacial score (nSPS) is 22.0. The zero-order valence-electron chi connectivity index (χ0n) is 16.0. The van der Waals surface area contributed by atoms with E-state index in [0.717, 1.165) is 35.9 Å².